The Balaban J connectivity index is 1.93. The summed E-state index contributed by atoms with van der Waals surface area (Å²) in [4.78, 5) is 35.4. The van der Waals surface area contributed by atoms with Crippen molar-refractivity contribution in [3.05, 3.63) is 12.7 Å². The minimum Gasteiger partial charge on any atom is -0.394 e. The van der Waals surface area contributed by atoms with E-state index in [0.717, 1.165) is 0 Å². The van der Waals surface area contributed by atoms with Crippen molar-refractivity contribution < 1.29 is 29.3 Å². The molecule has 0 radical (unpaired) electrons. The monoisotopic (exact) mass is 394 g/mol. The van der Waals surface area contributed by atoms with Gasteiger partial charge in [0.2, 0.25) is 11.8 Å². The van der Waals surface area contributed by atoms with E-state index in [1.807, 2.05) is 6.92 Å². The molecule has 28 heavy (non-hydrogen) atoms. The first-order valence-corrected chi connectivity index (χ1v) is 8.78. The quantitative estimate of drug-likeness (QED) is 0.423. The van der Waals surface area contributed by atoms with Crippen LogP contribution in [0.5, 0.6) is 0 Å². The molecule has 3 rings (SSSR count). The van der Waals surface area contributed by atoms with Gasteiger partial charge in [0.05, 0.1) is 12.9 Å². The van der Waals surface area contributed by atoms with Gasteiger partial charge in [0.15, 0.2) is 23.2 Å². The number of nitrogens with one attached hydrogen (secondary N) is 1. The highest BCUT2D eigenvalue weighted by atomic mass is 16.6. The molecular formula is C16H22N6O6. The highest BCUT2D eigenvalue weighted by Crippen LogP contribution is 2.34. The number of aliphatic hydroxyl groups excluding tert-OH is 2. The number of imidazole rings is 1. The van der Waals surface area contributed by atoms with Gasteiger partial charge in [0.25, 0.3) is 0 Å². The van der Waals surface area contributed by atoms with Crippen LogP contribution in [0.1, 0.15) is 26.0 Å². The second kappa shape index (κ2) is 8.56. The zero-order valence-corrected chi connectivity index (χ0v) is 15.2. The maximum atomic E-state index is 11.9. The Morgan fingerprint density at radius 1 is 1.39 bits per heavy atom. The molecule has 2 aromatic heterocycles. The number of nitrogens with two attached hydrogens (primary N) is 1. The minimum atomic E-state index is -1.20. The van der Waals surface area contributed by atoms with E-state index in [2.05, 4.69) is 20.3 Å². The summed E-state index contributed by atoms with van der Waals surface area (Å²) in [6.07, 6.45) is -0.359. The summed E-state index contributed by atoms with van der Waals surface area (Å²) in [6, 6.07) is 0. The third-order valence-electron chi connectivity index (χ3n) is 4.28. The summed E-state index contributed by atoms with van der Waals surface area (Å²) in [5, 5.41) is 22.5. The summed E-state index contributed by atoms with van der Waals surface area (Å²) in [6.45, 7) is 1.00. The molecule has 1 aliphatic rings. The second-order valence-corrected chi connectivity index (χ2v) is 6.32. The van der Waals surface area contributed by atoms with Crippen molar-refractivity contribution in [2.45, 2.75) is 44.3 Å². The average molecular weight is 394 g/mol. The number of hydrogen-bond acceptors (Lipinski definition) is 9. The summed E-state index contributed by atoms with van der Waals surface area (Å²) < 4.78 is 12.6. The number of carbonyl (C=O) groups is 2. The number of aliphatic hydroxyl groups is 2. The normalized spacial score (nSPS) is 24.5. The number of anilines is 1. The van der Waals surface area contributed by atoms with Gasteiger partial charge < -0.3 is 30.7 Å². The molecule has 1 saturated heterocycles. The molecule has 12 heteroatoms. The maximum absolute atomic E-state index is 11.9. The van der Waals surface area contributed by atoms with Crippen LogP contribution in [-0.4, -0.2) is 73.1 Å². The van der Waals surface area contributed by atoms with Crippen LogP contribution in [0.15, 0.2) is 12.7 Å². The standard InChI is InChI=1S/C16H22N6O6/c1-2-3-10(25)21-14-11-15(19-6-18-14)22(7-20-11)16-13(27-5-9(17)24)12(26)8(4-23)28-16/h6-8,12-13,16,23,26H,2-5H2,1H3,(H2,17,24)(H,18,19,21,25)/t8-,12-,13-,16-/m1/s1. The molecule has 4 atom stereocenters. The number of hydrogen-bond donors (Lipinski definition) is 4. The van der Waals surface area contributed by atoms with Crippen LogP contribution < -0.4 is 11.1 Å². The summed E-state index contributed by atoms with van der Waals surface area (Å²) in [7, 11) is 0. The summed E-state index contributed by atoms with van der Waals surface area (Å²) >= 11 is 0. The van der Waals surface area contributed by atoms with Gasteiger partial charge in [0.1, 0.15) is 31.2 Å². The largest absolute Gasteiger partial charge is 0.394 e. The number of primary amides is 1. The van der Waals surface area contributed by atoms with Gasteiger partial charge in [-0.15, -0.1) is 0 Å². The van der Waals surface area contributed by atoms with Gasteiger partial charge in [-0.2, -0.15) is 0 Å². The Hall–Kier alpha value is -2.67. The number of aromatic nitrogens is 4. The zero-order chi connectivity index (χ0) is 20.3. The third kappa shape index (κ3) is 3.94. The van der Waals surface area contributed by atoms with Crippen molar-refractivity contribution in [3.63, 3.8) is 0 Å². The Morgan fingerprint density at radius 3 is 2.86 bits per heavy atom. The van der Waals surface area contributed by atoms with Crippen LogP contribution >= 0.6 is 0 Å². The van der Waals surface area contributed by atoms with Crippen molar-refractivity contribution in [1.82, 2.24) is 19.5 Å². The van der Waals surface area contributed by atoms with E-state index >= 15 is 0 Å². The van der Waals surface area contributed by atoms with Crippen molar-refractivity contribution >= 4 is 28.8 Å². The van der Waals surface area contributed by atoms with Gasteiger partial charge >= 0.3 is 0 Å². The van der Waals surface area contributed by atoms with Crippen LogP contribution in [0.4, 0.5) is 5.82 Å². The molecule has 0 bridgehead atoms. The Labute approximate surface area is 159 Å². The Morgan fingerprint density at radius 2 is 2.18 bits per heavy atom. The van der Waals surface area contributed by atoms with Gasteiger partial charge in [-0.05, 0) is 6.42 Å². The SMILES string of the molecule is CCCC(=O)Nc1ncnc2c1ncn2[C@@H]1O[C@H](CO)[C@@H](O)[C@H]1OCC(N)=O. The number of rotatable bonds is 8. The predicted molar refractivity (Wildman–Crippen MR) is 94.8 cm³/mol. The summed E-state index contributed by atoms with van der Waals surface area (Å²) in [5.41, 5.74) is 5.76. The van der Waals surface area contributed by atoms with E-state index in [-0.39, 0.29) is 11.7 Å². The highest BCUT2D eigenvalue weighted by molar-refractivity contribution is 5.96. The van der Waals surface area contributed by atoms with Crippen molar-refractivity contribution in [2.24, 2.45) is 5.73 Å². The van der Waals surface area contributed by atoms with Crippen molar-refractivity contribution in [1.29, 1.82) is 0 Å². The molecule has 152 valence electrons. The average Bonchev–Trinajstić information content (AvgIpc) is 3.21. The Bertz CT molecular complexity index is 857. The predicted octanol–water partition coefficient (Wildman–Crippen LogP) is -1.31. The molecule has 2 aromatic rings. The van der Waals surface area contributed by atoms with E-state index in [4.69, 9.17) is 15.2 Å². The van der Waals surface area contributed by atoms with Gasteiger partial charge in [-0.1, -0.05) is 6.92 Å². The molecule has 0 aliphatic carbocycles. The molecule has 1 aliphatic heterocycles. The van der Waals surface area contributed by atoms with Crippen LogP contribution in [0.2, 0.25) is 0 Å². The maximum Gasteiger partial charge on any atom is 0.243 e. The number of fused-ring (bicyclic) bond motifs is 1. The lowest BCUT2D eigenvalue weighted by molar-refractivity contribution is -0.129. The fourth-order valence-electron chi connectivity index (χ4n) is 3.00. The van der Waals surface area contributed by atoms with E-state index in [1.54, 1.807) is 0 Å². The fourth-order valence-corrected chi connectivity index (χ4v) is 3.00. The summed E-state index contributed by atoms with van der Waals surface area (Å²) in [5.74, 6) is -0.668. The lowest BCUT2D eigenvalue weighted by Crippen LogP contribution is -2.37. The third-order valence-corrected chi connectivity index (χ3v) is 4.28. The highest BCUT2D eigenvalue weighted by Gasteiger charge is 2.46. The fraction of sp³-hybridized carbons (Fsp3) is 0.562. The molecule has 0 unspecified atom stereocenters. The van der Waals surface area contributed by atoms with Crippen molar-refractivity contribution in [3.8, 4) is 0 Å². The van der Waals surface area contributed by atoms with Crippen molar-refractivity contribution in [2.75, 3.05) is 18.5 Å². The van der Waals surface area contributed by atoms with Crippen LogP contribution in [0.3, 0.4) is 0 Å². The molecule has 12 nitrogen and oxygen atoms in total. The van der Waals surface area contributed by atoms with Gasteiger partial charge in [0, 0.05) is 6.42 Å². The number of amides is 2. The van der Waals surface area contributed by atoms with Crippen LogP contribution in [0, 0.1) is 0 Å². The molecule has 1 fully saturated rings. The second-order valence-electron chi connectivity index (χ2n) is 6.32. The minimum absolute atomic E-state index is 0.201. The molecule has 0 aromatic carbocycles. The molecular weight excluding hydrogens is 372 g/mol. The number of carbonyl (C=O) groups excluding carboxylic acids is 2. The number of nitrogens with zero attached hydrogens (tertiary/aromatic N) is 4. The molecule has 2 amide bonds. The van der Waals surface area contributed by atoms with Crippen LogP contribution in [0.25, 0.3) is 11.2 Å². The Kier molecular flexibility index (Phi) is 6.14. The lowest BCUT2D eigenvalue weighted by Gasteiger charge is -2.21. The van der Waals surface area contributed by atoms with Gasteiger partial charge in [-0.3, -0.25) is 14.2 Å². The first-order valence-electron chi connectivity index (χ1n) is 8.78. The first kappa shape index (κ1) is 20.1. The number of ether oxygens (including phenoxy) is 2. The molecule has 3 heterocycles. The smallest absolute Gasteiger partial charge is 0.243 e. The first-order chi connectivity index (χ1) is 13.5. The van der Waals surface area contributed by atoms with E-state index in [9.17, 15) is 19.8 Å². The van der Waals surface area contributed by atoms with Crippen LogP contribution in [-0.2, 0) is 19.1 Å². The van der Waals surface area contributed by atoms with E-state index in [1.165, 1.54) is 17.2 Å². The molecule has 0 saturated carbocycles. The molecule has 0 spiro atoms. The topological polar surface area (TPSA) is 175 Å². The zero-order valence-electron chi connectivity index (χ0n) is 15.2. The van der Waals surface area contributed by atoms with Gasteiger partial charge in [-0.25, -0.2) is 15.0 Å². The molecule has 5 N–H and O–H groups in total. The van der Waals surface area contributed by atoms with E-state index in [0.29, 0.717) is 24.0 Å². The lowest BCUT2D eigenvalue weighted by atomic mass is 10.1. The van der Waals surface area contributed by atoms with E-state index < -0.39 is 43.7 Å².